The van der Waals surface area contributed by atoms with Gasteiger partial charge in [-0.25, -0.2) is 9.97 Å². The molecule has 4 heteroatoms. The number of hydrogen-bond acceptors (Lipinski definition) is 4. The van der Waals surface area contributed by atoms with Crippen LogP contribution in [0.5, 0.6) is 0 Å². The molecule has 0 aliphatic carbocycles. The minimum Gasteiger partial charge on any atom is -0.357 e. The van der Waals surface area contributed by atoms with Gasteiger partial charge in [0.05, 0.1) is 5.69 Å². The van der Waals surface area contributed by atoms with Crippen molar-refractivity contribution in [2.75, 3.05) is 18.0 Å². The zero-order chi connectivity index (χ0) is 12.2. The van der Waals surface area contributed by atoms with Crippen LogP contribution in [0, 0.1) is 0 Å². The molecule has 0 unspecified atom stereocenters. The second-order valence-electron chi connectivity index (χ2n) is 4.55. The lowest BCUT2D eigenvalue weighted by molar-refractivity contribution is 0.573. The molecule has 1 aliphatic heterocycles. The highest BCUT2D eigenvalue weighted by Gasteiger charge is 2.13. The highest BCUT2D eigenvalue weighted by molar-refractivity contribution is 5.61. The standard InChI is InChI=1S/C14H16N4/c1-2-7-18(8-3-1)14-9-13(16-11-17-14)12-5-4-6-15-10-12/h4-6,9-11H,1-3,7-8H2. The molecule has 0 saturated carbocycles. The number of piperidine rings is 1. The van der Waals surface area contributed by atoms with Crippen LogP contribution in [0.3, 0.4) is 0 Å². The minimum atomic E-state index is 0.943. The Morgan fingerprint density at radius 1 is 1.06 bits per heavy atom. The SMILES string of the molecule is c1cncc(-c2cc(N3CCCCC3)ncn2)c1. The second-order valence-corrected chi connectivity index (χ2v) is 4.55. The van der Waals surface area contributed by atoms with E-state index in [0.717, 1.165) is 30.2 Å². The molecular weight excluding hydrogens is 224 g/mol. The van der Waals surface area contributed by atoms with Crippen molar-refractivity contribution in [3.8, 4) is 11.3 Å². The van der Waals surface area contributed by atoms with E-state index in [1.54, 1.807) is 12.5 Å². The summed E-state index contributed by atoms with van der Waals surface area (Å²) < 4.78 is 0. The van der Waals surface area contributed by atoms with Crippen molar-refractivity contribution in [2.45, 2.75) is 19.3 Å². The fourth-order valence-corrected chi connectivity index (χ4v) is 2.32. The van der Waals surface area contributed by atoms with Crippen LogP contribution >= 0.6 is 0 Å². The Morgan fingerprint density at radius 3 is 2.72 bits per heavy atom. The second kappa shape index (κ2) is 5.12. The summed E-state index contributed by atoms with van der Waals surface area (Å²) in [6.45, 7) is 2.20. The Bertz CT molecular complexity index is 506. The first kappa shape index (κ1) is 11.1. The molecule has 2 aromatic heterocycles. The maximum absolute atomic E-state index is 4.38. The molecule has 0 atom stereocenters. The molecule has 0 amide bonds. The third kappa shape index (κ3) is 2.32. The largest absolute Gasteiger partial charge is 0.357 e. The molecule has 3 rings (SSSR count). The summed E-state index contributed by atoms with van der Waals surface area (Å²) in [4.78, 5) is 15.2. The Kier molecular flexibility index (Phi) is 3.17. The predicted molar refractivity (Wildman–Crippen MR) is 71.3 cm³/mol. The van der Waals surface area contributed by atoms with E-state index in [2.05, 4.69) is 25.9 Å². The lowest BCUT2D eigenvalue weighted by Gasteiger charge is -2.27. The van der Waals surface area contributed by atoms with E-state index in [9.17, 15) is 0 Å². The highest BCUT2D eigenvalue weighted by Crippen LogP contribution is 2.22. The molecule has 0 radical (unpaired) electrons. The van der Waals surface area contributed by atoms with Gasteiger partial charge in [-0.3, -0.25) is 4.98 Å². The van der Waals surface area contributed by atoms with Gasteiger partial charge in [-0.1, -0.05) is 0 Å². The molecule has 92 valence electrons. The van der Waals surface area contributed by atoms with Crippen LogP contribution in [0.15, 0.2) is 36.9 Å². The van der Waals surface area contributed by atoms with Gasteiger partial charge < -0.3 is 4.90 Å². The number of hydrogen-bond donors (Lipinski definition) is 0. The lowest BCUT2D eigenvalue weighted by atomic mass is 10.1. The van der Waals surface area contributed by atoms with Crippen molar-refractivity contribution >= 4 is 5.82 Å². The van der Waals surface area contributed by atoms with E-state index in [4.69, 9.17) is 0 Å². The van der Waals surface area contributed by atoms with Crippen LogP contribution in [0.4, 0.5) is 5.82 Å². The smallest absolute Gasteiger partial charge is 0.132 e. The van der Waals surface area contributed by atoms with Crippen molar-refractivity contribution in [1.29, 1.82) is 0 Å². The van der Waals surface area contributed by atoms with Gasteiger partial charge in [0.1, 0.15) is 12.1 Å². The first-order chi connectivity index (χ1) is 8.93. The quantitative estimate of drug-likeness (QED) is 0.809. The highest BCUT2D eigenvalue weighted by atomic mass is 15.2. The normalized spacial score (nSPS) is 15.7. The van der Waals surface area contributed by atoms with Crippen LogP contribution in [0.25, 0.3) is 11.3 Å². The van der Waals surface area contributed by atoms with Gasteiger partial charge in [-0.15, -0.1) is 0 Å². The fraction of sp³-hybridized carbons (Fsp3) is 0.357. The van der Waals surface area contributed by atoms with E-state index in [0.29, 0.717) is 0 Å². The fourth-order valence-electron chi connectivity index (χ4n) is 2.32. The van der Waals surface area contributed by atoms with Crippen LogP contribution in [0.2, 0.25) is 0 Å². The van der Waals surface area contributed by atoms with Gasteiger partial charge >= 0.3 is 0 Å². The van der Waals surface area contributed by atoms with E-state index in [1.165, 1.54) is 19.3 Å². The molecule has 0 aromatic carbocycles. The first-order valence-electron chi connectivity index (χ1n) is 6.41. The molecule has 4 nitrogen and oxygen atoms in total. The molecule has 0 N–H and O–H groups in total. The number of nitrogens with zero attached hydrogens (tertiary/aromatic N) is 4. The molecule has 3 heterocycles. The summed E-state index contributed by atoms with van der Waals surface area (Å²) in [5, 5.41) is 0. The van der Waals surface area contributed by atoms with Gasteiger partial charge in [0.15, 0.2) is 0 Å². The molecular formula is C14H16N4. The Labute approximate surface area is 107 Å². The minimum absolute atomic E-state index is 0.943. The molecule has 0 bridgehead atoms. The maximum Gasteiger partial charge on any atom is 0.132 e. The summed E-state index contributed by atoms with van der Waals surface area (Å²) in [6.07, 6.45) is 9.10. The van der Waals surface area contributed by atoms with Crippen LogP contribution in [-0.2, 0) is 0 Å². The molecule has 1 aliphatic rings. The third-order valence-electron chi connectivity index (χ3n) is 3.29. The Balaban J connectivity index is 1.89. The van der Waals surface area contributed by atoms with E-state index in [1.807, 2.05) is 18.3 Å². The van der Waals surface area contributed by atoms with Crippen molar-refractivity contribution in [2.24, 2.45) is 0 Å². The van der Waals surface area contributed by atoms with Crippen molar-refractivity contribution in [3.05, 3.63) is 36.9 Å². The van der Waals surface area contributed by atoms with Crippen molar-refractivity contribution < 1.29 is 0 Å². The maximum atomic E-state index is 4.38. The van der Waals surface area contributed by atoms with Gasteiger partial charge in [-0.2, -0.15) is 0 Å². The van der Waals surface area contributed by atoms with Crippen molar-refractivity contribution in [1.82, 2.24) is 15.0 Å². The van der Waals surface area contributed by atoms with Gasteiger partial charge in [0, 0.05) is 37.1 Å². The van der Waals surface area contributed by atoms with Crippen LogP contribution in [-0.4, -0.2) is 28.0 Å². The monoisotopic (exact) mass is 240 g/mol. The van der Waals surface area contributed by atoms with Crippen LogP contribution in [0.1, 0.15) is 19.3 Å². The molecule has 1 saturated heterocycles. The predicted octanol–water partition coefficient (Wildman–Crippen LogP) is 2.53. The molecule has 1 fully saturated rings. The number of pyridine rings is 1. The van der Waals surface area contributed by atoms with Gasteiger partial charge in [0.25, 0.3) is 0 Å². The summed E-state index contributed by atoms with van der Waals surface area (Å²) in [6, 6.07) is 6.01. The zero-order valence-electron chi connectivity index (χ0n) is 10.3. The lowest BCUT2D eigenvalue weighted by Crippen LogP contribution is -2.30. The number of rotatable bonds is 2. The molecule has 2 aromatic rings. The summed E-state index contributed by atoms with van der Waals surface area (Å²) in [5.74, 6) is 1.03. The summed E-state index contributed by atoms with van der Waals surface area (Å²) in [5.41, 5.74) is 1.98. The Morgan fingerprint density at radius 2 is 1.94 bits per heavy atom. The van der Waals surface area contributed by atoms with Crippen molar-refractivity contribution in [3.63, 3.8) is 0 Å². The Hall–Kier alpha value is -1.97. The molecule has 18 heavy (non-hydrogen) atoms. The summed E-state index contributed by atoms with van der Waals surface area (Å²) >= 11 is 0. The van der Waals surface area contributed by atoms with Gasteiger partial charge in [0.2, 0.25) is 0 Å². The van der Waals surface area contributed by atoms with Gasteiger partial charge in [-0.05, 0) is 31.4 Å². The first-order valence-corrected chi connectivity index (χ1v) is 6.41. The van der Waals surface area contributed by atoms with E-state index in [-0.39, 0.29) is 0 Å². The van der Waals surface area contributed by atoms with E-state index < -0.39 is 0 Å². The summed E-state index contributed by atoms with van der Waals surface area (Å²) in [7, 11) is 0. The molecule has 0 spiro atoms. The average molecular weight is 240 g/mol. The average Bonchev–Trinajstić information content (AvgIpc) is 2.49. The van der Waals surface area contributed by atoms with E-state index >= 15 is 0 Å². The zero-order valence-corrected chi connectivity index (χ0v) is 10.3. The number of aromatic nitrogens is 3. The topological polar surface area (TPSA) is 41.9 Å². The van der Waals surface area contributed by atoms with Crippen LogP contribution < -0.4 is 4.90 Å². The number of anilines is 1. The third-order valence-corrected chi connectivity index (χ3v) is 3.29.